The molecule has 92 valence electrons. The molecule has 0 saturated carbocycles. The Hall–Kier alpha value is -1.09. The molecule has 0 radical (unpaired) electrons. The molecule has 1 aromatic rings. The topological polar surface area (TPSA) is 15.3 Å². The molecule has 0 bridgehead atoms. The van der Waals surface area contributed by atoms with Gasteiger partial charge in [-0.25, -0.2) is 0 Å². The monoisotopic (exact) mass is 248 g/mol. The van der Waals surface area contributed by atoms with E-state index in [4.69, 9.17) is 12.2 Å². The van der Waals surface area contributed by atoms with E-state index in [-0.39, 0.29) is 5.54 Å². The number of thiocarbonyl (C=S) groups is 1. The molecule has 0 aliphatic carbocycles. The molecule has 1 fully saturated rings. The van der Waals surface area contributed by atoms with Gasteiger partial charge in [-0.05, 0) is 45.0 Å². The van der Waals surface area contributed by atoms with Crippen LogP contribution in [0.25, 0.3) is 0 Å². The number of nitrogens with one attached hydrogen (secondary N) is 1. The van der Waals surface area contributed by atoms with Gasteiger partial charge < -0.3 is 10.2 Å². The Balaban J connectivity index is 2.01. The van der Waals surface area contributed by atoms with Crippen molar-refractivity contribution in [3.8, 4) is 0 Å². The maximum absolute atomic E-state index is 5.40. The van der Waals surface area contributed by atoms with Crippen LogP contribution in [0, 0.1) is 0 Å². The van der Waals surface area contributed by atoms with Crippen LogP contribution in [0.2, 0.25) is 0 Å². The van der Waals surface area contributed by atoms with Crippen LogP contribution in [0.1, 0.15) is 26.3 Å². The van der Waals surface area contributed by atoms with E-state index in [2.05, 4.69) is 61.3 Å². The van der Waals surface area contributed by atoms with E-state index in [9.17, 15) is 0 Å². The van der Waals surface area contributed by atoms with E-state index in [1.807, 2.05) is 0 Å². The largest absolute Gasteiger partial charge is 0.358 e. The quantitative estimate of drug-likeness (QED) is 0.810. The Morgan fingerprint density at radius 3 is 2.47 bits per heavy atom. The number of rotatable bonds is 2. The highest BCUT2D eigenvalue weighted by atomic mass is 32.1. The fraction of sp³-hybridized carbons (Fsp3) is 0.500. The van der Waals surface area contributed by atoms with Gasteiger partial charge in [-0.3, -0.25) is 0 Å². The zero-order valence-corrected chi connectivity index (χ0v) is 11.6. The SMILES string of the molecule is CC(C)(C)N1C[C@H](Cc2ccccc2)NC1=S. The molecule has 2 rings (SSSR count). The van der Waals surface area contributed by atoms with Gasteiger partial charge in [0, 0.05) is 18.1 Å². The number of benzene rings is 1. The van der Waals surface area contributed by atoms with Crippen molar-refractivity contribution in [2.45, 2.75) is 38.8 Å². The normalized spacial score (nSPS) is 20.5. The lowest BCUT2D eigenvalue weighted by atomic mass is 10.0. The Labute approximate surface area is 109 Å². The molecule has 1 aliphatic rings. The highest BCUT2D eigenvalue weighted by molar-refractivity contribution is 7.80. The van der Waals surface area contributed by atoms with Gasteiger partial charge in [0.2, 0.25) is 0 Å². The molecule has 1 aliphatic heterocycles. The zero-order valence-electron chi connectivity index (χ0n) is 10.7. The molecule has 0 spiro atoms. The highest BCUT2D eigenvalue weighted by Crippen LogP contribution is 2.20. The van der Waals surface area contributed by atoms with Crippen LogP contribution in [-0.4, -0.2) is 28.1 Å². The van der Waals surface area contributed by atoms with Crippen LogP contribution >= 0.6 is 12.2 Å². The van der Waals surface area contributed by atoms with Gasteiger partial charge in [-0.1, -0.05) is 30.3 Å². The smallest absolute Gasteiger partial charge is 0.169 e. The molecule has 1 saturated heterocycles. The first-order valence-corrected chi connectivity index (χ1v) is 6.50. The lowest BCUT2D eigenvalue weighted by Gasteiger charge is -2.32. The Bertz CT molecular complexity index is 394. The fourth-order valence-electron chi connectivity index (χ4n) is 2.19. The second-order valence-corrected chi connectivity index (χ2v) is 6.00. The predicted octanol–water partition coefficient (Wildman–Crippen LogP) is 2.59. The maximum atomic E-state index is 5.40. The van der Waals surface area contributed by atoms with Crippen LogP contribution in [0.15, 0.2) is 30.3 Å². The third-order valence-electron chi connectivity index (χ3n) is 3.11. The third-order valence-corrected chi connectivity index (χ3v) is 3.45. The minimum Gasteiger partial charge on any atom is -0.358 e. The molecule has 1 heterocycles. The molecule has 1 N–H and O–H groups in total. The van der Waals surface area contributed by atoms with E-state index in [1.54, 1.807) is 0 Å². The average Bonchev–Trinajstić information content (AvgIpc) is 2.60. The standard InChI is InChI=1S/C14H20N2S/c1-14(2,3)16-10-12(15-13(16)17)9-11-7-5-4-6-8-11/h4-8,12H,9-10H2,1-3H3,(H,15,17)/t12-/m0/s1. The number of nitrogens with zero attached hydrogens (tertiary/aromatic N) is 1. The molecule has 17 heavy (non-hydrogen) atoms. The van der Waals surface area contributed by atoms with Crippen LogP contribution < -0.4 is 5.32 Å². The second-order valence-electron chi connectivity index (χ2n) is 5.62. The van der Waals surface area contributed by atoms with Gasteiger partial charge in [0.25, 0.3) is 0 Å². The van der Waals surface area contributed by atoms with Crippen molar-refractivity contribution in [2.75, 3.05) is 6.54 Å². The number of hydrogen-bond donors (Lipinski definition) is 1. The molecular formula is C14H20N2S. The first kappa shape index (κ1) is 12.4. The van der Waals surface area contributed by atoms with Crippen LogP contribution in [0.3, 0.4) is 0 Å². The predicted molar refractivity (Wildman–Crippen MR) is 76.1 cm³/mol. The van der Waals surface area contributed by atoms with Crippen molar-refractivity contribution in [1.82, 2.24) is 10.2 Å². The molecule has 1 aromatic carbocycles. The molecule has 0 amide bonds. The number of hydrogen-bond acceptors (Lipinski definition) is 1. The molecule has 3 heteroatoms. The Kier molecular flexibility index (Phi) is 3.38. The first-order valence-electron chi connectivity index (χ1n) is 6.09. The lowest BCUT2D eigenvalue weighted by molar-refractivity contribution is 0.252. The summed E-state index contributed by atoms with van der Waals surface area (Å²) in [5.41, 5.74) is 1.47. The van der Waals surface area contributed by atoms with Crippen LogP contribution in [0.4, 0.5) is 0 Å². The summed E-state index contributed by atoms with van der Waals surface area (Å²) in [6.45, 7) is 7.60. The summed E-state index contributed by atoms with van der Waals surface area (Å²) in [6, 6.07) is 11.0. The first-order chi connectivity index (χ1) is 7.97. The van der Waals surface area contributed by atoms with E-state index < -0.39 is 0 Å². The summed E-state index contributed by atoms with van der Waals surface area (Å²) in [5.74, 6) is 0. The van der Waals surface area contributed by atoms with Crippen molar-refractivity contribution in [2.24, 2.45) is 0 Å². The summed E-state index contributed by atoms with van der Waals surface area (Å²) >= 11 is 5.40. The molecule has 2 nitrogen and oxygen atoms in total. The van der Waals surface area contributed by atoms with Crippen LogP contribution in [-0.2, 0) is 6.42 Å². The summed E-state index contributed by atoms with van der Waals surface area (Å²) in [4.78, 5) is 2.27. The van der Waals surface area contributed by atoms with Crippen molar-refractivity contribution in [1.29, 1.82) is 0 Å². The second kappa shape index (κ2) is 4.65. The van der Waals surface area contributed by atoms with Gasteiger partial charge in [0.05, 0.1) is 0 Å². The summed E-state index contributed by atoms with van der Waals surface area (Å²) in [6.07, 6.45) is 1.04. The molecular weight excluding hydrogens is 228 g/mol. The van der Waals surface area contributed by atoms with E-state index in [0.717, 1.165) is 18.1 Å². The maximum Gasteiger partial charge on any atom is 0.169 e. The van der Waals surface area contributed by atoms with Crippen molar-refractivity contribution < 1.29 is 0 Å². The van der Waals surface area contributed by atoms with Gasteiger partial charge in [-0.15, -0.1) is 0 Å². The summed E-state index contributed by atoms with van der Waals surface area (Å²) < 4.78 is 0. The van der Waals surface area contributed by atoms with Crippen molar-refractivity contribution >= 4 is 17.3 Å². The Morgan fingerprint density at radius 1 is 1.29 bits per heavy atom. The van der Waals surface area contributed by atoms with Gasteiger partial charge in [0.1, 0.15) is 0 Å². The van der Waals surface area contributed by atoms with Gasteiger partial charge in [0.15, 0.2) is 5.11 Å². The minimum absolute atomic E-state index is 0.107. The molecule has 1 atom stereocenters. The minimum atomic E-state index is 0.107. The lowest BCUT2D eigenvalue weighted by Crippen LogP contribution is -2.43. The molecule has 0 aromatic heterocycles. The zero-order chi connectivity index (χ0) is 12.5. The summed E-state index contributed by atoms with van der Waals surface area (Å²) in [5, 5.41) is 4.30. The van der Waals surface area contributed by atoms with E-state index in [0.29, 0.717) is 6.04 Å². The van der Waals surface area contributed by atoms with E-state index in [1.165, 1.54) is 5.56 Å². The van der Waals surface area contributed by atoms with Crippen molar-refractivity contribution in [3.63, 3.8) is 0 Å². The average molecular weight is 248 g/mol. The molecule has 0 unspecified atom stereocenters. The third kappa shape index (κ3) is 2.97. The summed E-state index contributed by atoms with van der Waals surface area (Å²) in [7, 11) is 0. The fourth-order valence-corrected chi connectivity index (χ4v) is 2.71. The van der Waals surface area contributed by atoms with E-state index >= 15 is 0 Å². The van der Waals surface area contributed by atoms with Gasteiger partial charge in [-0.2, -0.15) is 0 Å². The van der Waals surface area contributed by atoms with Crippen LogP contribution in [0.5, 0.6) is 0 Å². The highest BCUT2D eigenvalue weighted by Gasteiger charge is 2.32. The Morgan fingerprint density at radius 2 is 1.94 bits per heavy atom. The van der Waals surface area contributed by atoms with Gasteiger partial charge >= 0.3 is 0 Å². The van der Waals surface area contributed by atoms with Crippen molar-refractivity contribution in [3.05, 3.63) is 35.9 Å².